The first-order valence-electron chi connectivity index (χ1n) is 9.78. The summed E-state index contributed by atoms with van der Waals surface area (Å²) in [5.41, 5.74) is 1.70. The van der Waals surface area contributed by atoms with E-state index < -0.39 is 0 Å². The van der Waals surface area contributed by atoms with Crippen LogP contribution in [-0.4, -0.2) is 54.9 Å². The lowest BCUT2D eigenvalue weighted by Gasteiger charge is -2.37. The van der Waals surface area contributed by atoms with Crippen LogP contribution < -0.4 is 4.74 Å². The molecular formula is C23H28N2O3. The summed E-state index contributed by atoms with van der Waals surface area (Å²) in [5, 5.41) is 0. The second kappa shape index (κ2) is 8.91. The molecule has 1 unspecified atom stereocenters. The van der Waals surface area contributed by atoms with Gasteiger partial charge in [-0.3, -0.25) is 9.59 Å². The number of rotatable bonds is 5. The molecule has 148 valence electrons. The van der Waals surface area contributed by atoms with Crippen molar-refractivity contribution < 1.29 is 14.3 Å². The minimum Gasteiger partial charge on any atom is -0.497 e. The van der Waals surface area contributed by atoms with Gasteiger partial charge in [0.25, 0.3) is 5.91 Å². The Hall–Kier alpha value is -2.82. The topological polar surface area (TPSA) is 49.9 Å². The third kappa shape index (κ3) is 4.35. The van der Waals surface area contributed by atoms with Crippen LogP contribution in [0, 0.1) is 5.92 Å². The van der Waals surface area contributed by atoms with Crippen molar-refractivity contribution in [1.82, 2.24) is 9.80 Å². The Balaban J connectivity index is 1.63. The van der Waals surface area contributed by atoms with E-state index in [0.717, 1.165) is 11.3 Å². The van der Waals surface area contributed by atoms with Gasteiger partial charge in [-0.05, 0) is 35.7 Å². The van der Waals surface area contributed by atoms with E-state index in [-0.39, 0.29) is 23.7 Å². The van der Waals surface area contributed by atoms with E-state index >= 15 is 0 Å². The molecule has 1 atom stereocenters. The highest BCUT2D eigenvalue weighted by Gasteiger charge is 2.31. The van der Waals surface area contributed by atoms with Gasteiger partial charge in [0.1, 0.15) is 5.75 Å². The molecule has 5 nitrogen and oxygen atoms in total. The number of hydrogen-bond donors (Lipinski definition) is 0. The van der Waals surface area contributed by atoms with Gasteiger partial charge in [0.05, 0.1) is 13.0 Å². The summed E-state index contributed by atoms with van der Waals surface area (Å²) in [4.78, 5) is 29.6. The third-order valence-electron chi connectivity index (χ3n) is 5.31. The Kier molecular flexibility index (Phi) is 6.34. The predicted molar refractivity (Wildman–Crippen MR) is 109 cm³/mol. The number of carbonyl (C=O) groups excluding carboxylic acids is 2. The molecule has 0 spiro atoms. The monoisotopic (exact) mass is 380 g/mol. The molecule has 0 aliphatic carbocycles. The van der Waals surface area contributed by atoms with Crippen LogP contribution in [0.25, 0.3) is 0 Å². The first-order valence-corrected chi connectivity index (χ1v) is 9.78. The normalized spacial score (nSPS) is 15.4. The molecule has 2 amide bonds. The second-order valence-corrected chi connectivity index (χ2v) is 7.48. The summed E-state index contributed by atoms with van der Waals surface area (Å²) in [6.45, 7) is 6.40. The van der Waals surface area contributed by atoms with Crippen molar-refractivity contribution in [3.8, 4) is 5.75 Å². The van der Waals surface area contributed by atoms with Crippen molar-refractivity contribution >= 4 is 11.8 Å². The zero-order chi connectivity index (χ0) is 20.1. The number of ether oxygens (including phenoxy) is 1. The number of hydrogen-bond acceptors (Lipinski definition) is 3. The van der Waals surface area contributed by atoms with E-state index in [1.54, 1.807) is 31.4 Å². The number of carbonyl (C=O) groups is 2. The van der Waals surface area contributed by atoms with Gasteiger partial charge in [0.15, 0.2) is 0 Å². The average Bonchev–Trinajstić information content (AvgIpc) is 2.74. The minimum atomic E-state index is -0.148. The predicted octanol–water partition coefficient (Wildman–Crippen LogP) is 3.42. The maximum Gasteiger partial charge on any atom is 0.253 e. The van der Waals surface area contributed by atoms with Crippen LogP contribution in [-0.2, 0) is 4.79 Å². The summed E-state index contributed by atoms with van der Waals surface area (Å²) in [6.07, 6.45) is 0. The maximum absolute atomic E-state index is 13.2. The molecule has 0 N–H and O–H groups in total. The number of benzene rings is 2. The van der Waals surface area contributed by atoms with Crippen LogP contribution in [0.5, 0.6) is 5.75 Å². The summed E-state index contributed by atoms with van der Waals surface area (Å²) in [5.74, 6) is 0.947. The highest BCUT2D eigenvalue weighted by Crippen LogP contribution is 2.27. The van der Waals surface area contributed by atoms with E-state index in [1.807, 2.05) is 40.1 Å². The van der Waals surface area contributed by atoms with Gasteiger partial charge in [0.2, 0.25) is 5.91 Å². The molecule has 1 fully saturated rings. The lowest BCUT2D eigenvalue weighted by Crippen LogP contribution is -2.52. The summed E-state index contributed by atoms with van der Waals surface area (Å²) in [6, 6.07) is 17.1. The number of nitrogens with zero attached hydrogens (tertiary/aromatic N) is 2. The summed E-state index contributed by atoms with van der Waals surface area (Å²) in [7, 11) is 1.60. The van der Waals surface area contributed by atoms with E-state index in [0.29, 0.717) is 31.7 Å². The Morgan fingerprint density at radius 3 is 1.96 bits per heavy atom. The van der Waals surface area contributed by atoms with Crippen molar-refractivity contribution in [1.29, 1.82) is 0 Å². The van der Waals surface area contributed by atoms with E-state index in [1.165, 1.54) is 0 Å². The number of amides is 2. The first kappa shape index (κ1) is 19.9. The molecule has 1 heterocycles. The molecule has 0 aromatic heterocycles. The first-order chi connectivity index (χ1) is 13.5. The Labute approximate surface area is 166 Å². The van der Waals surface area contributed by atoms with Gasteiger partial charge >= 0.3 is 0 Å². The van der Waals surface area contributed by atoms with Gasteiger partial charge in [-0.1, -0.05) is 44.2 Å². The lowest BCUT2D eigenvalue weighted by molar-refractivity contribution is -0.135. The average molecular weight is 380 g/mol. The largest absolute Gasteiger partial charge is 0.497 e. The van der Waals surface area contributed by atoms with Crippen molar-refractivity contribution in [2.75, 3.05) is 33.3 Å². The fraction of sp³-hybridized carbons (Fsp3) is 0.391. The summed E-state index contributed by atoms with van der Waals surface area (Å²) >= 11 is 0. The maximum atomic E-state index is 13.2. The zero-order valence-electron chi connectivity index (χ0n) is 16.8. The molecule has 2 aromatic carbocycles. The van der Waals surface area contributed by atoms with E-state index in [4.69, 9.17) is 4.74 Å². The van der Waals surface area contributed by atoms with Gasteiger partial charge in [0, 0.05) is 31.7 Å². The van der Waals surface area contributed by atoms with Crippen LogP contribution in [0.1, 0.15) is 35.7 Å². The Morgan fingerprint density at radius 2 is 1.43 bits per heavy atom. The Morgan fingerprint density at radius 1 is 0.857 bits per heavy atom. The number of methoxy groups -OCH3 is 1. The smallest absolute Gasteiger partial charge is 0.253 e. The second-order valence-electron chi connectivity index (χ2n) is 7.48. The molecule has 0 radical (unpaired) electrons. The molecule has 3 rings (SSSR count). The van der Waals surface area contributed by atoms with Gasteiger partial charge in [-0.15, -0.1) is 0 Å². The molecule has 2 aromatic rings. The molecule has 0 saturated carbocycles. The Bertz CT molecular complexity index is 794. The lowest BCUT2D eigenvalue weighted by atomic mass is 9.87. The fourth-order valence-corrected chi connectivity index (χ4v) is 3.72. The zero-order valence-corrected chi connectivity index (χ0v) is 16.8. The number of piperazine rings is 1. The quantitative estimate of drug-likeness (QED) is 0.799. The van der Waals surface area contributed by atoms with Crippen LogP contribution in [0.2, 0.25) is 0 Å². The summed E-state index contributed by atoms with van der Waals surface area (Å²) < 4.78 is 5.14. The SMILES string of the molecule is COc1ccc(C(=O)N2CCN(C(=O)C(c3ccccc3)C(C)C)CC2)cc1. The van der Waals surface area contributed by atoms with Crippen LogP contribution in [0.15, 0.2) is 54.6 Å². The highest BCUT2D eigenvalue weighted by molar-refractivity contribution is 5.94. The third-order valence-corrected chi connectivity index (χ3v) is 5.31. The molecule has 0 bridgehead atoms. The fourth-order valence-electron chi connectivity index (χ4n) is 3.72. The van der Waals surface area contributed by atoms with Crippen LogP contribution >= 0.6 is 0 Å². The van der Waals surface area contributed by atoms with E-state index in [2.05, 4.69) is 13.8 Å². The van der Waals surface area contributed by atoms with E-state index in [9.17, 15) is 9.59 Å². The van der Waals surface area contributed by atoms with Crippen LogP contribution in [0.3, 0.4) is 0 Å². The highest BCUT2D eigenvalue weighted by atomic mass is 16.5. The van der Waals surface area contributed by atoms with Gasteiger partial charge in [-0.25, -0.2) is 0 Å². The van der Waals surface area contributed by atoms with Gasteiger partial charge < -0.3 is 14.5 Å². The molecule has 5 heteroatoms. The molecule has 1 aliphatic heterocycles. The standard InChI is InChI=1S/C23H28N2O3/c1-17(2)21(18-7-5-4-6-8-18)23(27)25-15-13-24(14-16-25)22(26)19-9-11-20(28-3)12-10-19/h4-12,17,21H,13-16H2,1-3H3. The van der Waals surface area contributed by atoms with Crippen molar-refractivity contribution in [3.63, 3.8) is 0 Å². The molecule has 1 aliphatic rings. The van der Waals surface area contributed by atoms with Crippen molar-refractivity contribution in [2.24, 2.45) is 5.92 Å². The minimum absolute atomic E-state index is 0.00165. The van der Waals surface area contributed by atoms with Crippen molar-refractivity contribution in [2.45, 2.75) is 19.8 Å². The molecule has 28 heavy (non-hydrogen) atoms. The van der Waals surface area contributed by atoms with Crippen LogP contribution in [0.4, 0.5) is 0 Å². The van der Waals surface area contributed by atoms with Gasteiger partial charge in [-0.2, -0.15) is 0 Å². The molecular weight excluding hydrogens is 352 g/mol. The van der Waals surface area contributed by atoms with Crippen molar-refractivity contribution in [3.05, 3.63) is 65.7 Å². The molecule has 1 saturated heterocycles.